The van der Waals surface area contributed by atoms with Crippen molar-refractivity contribution < 1.29 is 14.6 Å². The van der Waals surface area contributed by atoms with E-state index in [1.54, 1.807) is 0 Å². The smallest absolute Gasteiger partial charge is 0.217 e. The van der Waals surface area contributed by atoms with Crippen LogP contribution in [0.15, 0.2) is 10.00 Å². The SMILES string of the molecule is COC(OC)C(O)=C(SC)SC. The number of ether oxygens (including phenoxy) is 2. The van der Waals surface area contributed by atoms with Crippen LogP contribution >= 0.6 is 23.5 Å². The molecule has 0 spiro atoms. The van der Waals surface area contributed by atoms with E-state index in [-0.39, 0.29) is 5.76 Å². The predicted molar refractivity (Wildman–Crippen MR) is 54.5 cm³/mol. The molecule has 0 radical (unpaired) electrons. The van der Waals surface area contributed by atoms with Crippen molar-refractivity contribution in [1.29, 1.82) is 0 Å². The minimum absolute atomic E-state index is 0.139. The minimum Gasteiger partial charge on any atom is -0.506 e. The molecule has 3 nitrogen and oxygen atoms in total. The molecule has 1 N–H and O–H groups in total. The number of aliphatic hydroxyl groups excluding tert-OH is 1. The van der Waals surface area contributed by atoms with Gasteiger partial charge in [0.05, 0.1) is 4.24 Å². The largest absolute Gasteiger partial charge is 0.506 e. The molecular weight excluding hydrogens is 196 g/mol. The Morgan fingerprint density at radius 1 is 1.17 bits per heavy atom. The Morgan fingerprint density at radius 2 is 1.58 bits per heavy atom. The Kier molecular flexibility index (Phi) is 6.74. The van der Waals surface area contributed by atoms with Gasteiger partial charge in [0, 0.05) is 14.2 Å². The summed E-state index contributed by atoms with van der Waals surface area (Å²) in [5, 5.41) is 9.56. The summed E-state index contributed by atoms with van der Waals surface area (Å²) in [7, 11) is 2.98. The van der Waals surface area contributed by atoms with Gasteiger partial charge >= 0.3 is 0 Å². The third kappa shape index (κ3) is 3.26. The van der Waals surface area contributed by atoms with Crippen LogP contribution in [0.2, 0.25) is 0 Å². The van der Waals surface area contributed by atoms with Crippen LogP contribution in [0.1, 0.15) is 0 Å². The van der Waals surface area contributed by atoms with Gasteiger partial charge in [-0.3, -0.25) is 0 Å². The van der Waals surface area contributed by atoms with Crippen LogP contribution in [0, 0.1) is 0 Å². The lowest BCUT2D eigenvalue weighted by Gasteiger charge is -2.14. The summed E-state index contributed by atoms with van der Waals surface area (Å²) >= 11 is 2.94. The highest BCUT2D eigenvalue weighted by Gasteiger charge is 2.15. The van der Waals surface area contributed by atoms with Gasteiger partial charge in [-0.1, -0.05) is 0 Å². The van der Waals surface area contributed by atoms with Gasteiger partial charge in [-0.15, -0.1) is 23.5 Å². The number of thioether (sulfide) groups is 2. The fourth-order valence-corrected chi connectivity index (χ4v) is 1.99. The maximum Gasteiger partial charge on any atom is 0.217 e. The second-order valence-electron chi connectivity index (χ2n) is 1.88. The maximum absolute atomic E-state index is 9.56. The third-order valence-corrected chi connectivity index (χ3v) is 3.39. The second kappa shape index (κ2) is 6.65. The zero-order valence-corrected chi connectivity index (χ0v) is 9.29. The summed E-state index contributed by atoms with van der Waals surface area (Å²) < 4.78 is 10.6. The van der Waals surface area contributed by atoms with Crippen molar-refractivity contribution >= 4 is 23.5 Å². The molecule has 0 aromatic heterocycles. The summed E-state index contributed by atoms with van der Waals surface area (Å²) in [4.78, 5) is 0. The number of rotatable bonds is 5. The van der Waals surface area contributed by atoms with Gasteiger partial charge in [-0.2, -0.15) is 0 Å². The van der Waals surface area contributed by atoms with Crippen molar-refractivity contribution in [1.82, 2.24) is 0 Å². The van der Waals surface area contributed by atoms with E-state index >= 15 is 0 Å². The molecule has 0 aromatic carbocycles. The zero-order valence-electron chi connectivity index (χ0n) is 7.66. The van der Waals surface area contributed by atoms with Crippen molar-refractivity contribution in [3.8, 4) is 0 Å². The molecule has 0 bridgehead atoms. The Balaban J connectivity index is 4.46. The number of hydrogen-bond acceptors (Lipinski definition) is 5. The normalized spacial score (nSPS) is 10.4. The van der Waals surface area contributed by atoms with Crippen LogP contribution in [0.5, 0.6) is 0 Å². The Morgan fingerprint density at radius 3 is 1.83 bits per heavy atom. The first-order valence-corrected chi connectivity index (χ1v) is 5.72. The number of methoxy groups -OCH3 is 2. The molecule has 5 heteroatoms. The van der Waals surface area contributed by atoms with E-state index < -0.39 is 6.29 Å². The Labute approximate surface area is 81.5 Å². The molecule has 0 fully saturated rings. The molecule has 0 amide bonds. The Bertz CT molecular complexity index is 149. The molecule has 72 valence electrons. The second-order valence-corrected chi connectivity index (χ2v) is 3.78. The number of aliphatic hydroxyl groups is 1. The monoisotopic (exact) mass is 210 g/mol. The average Bonchev–Trinajstić information content (AvgIpc) is 2.09. The van der Waals surface area contributed by atoms with E-state index in [0.717, 1.165) is 4.24 Å². The highest BCUT2D eigenvalue weighted by atomic mass is 32.2. The van der Waals surface area contributed by atoms with Gasteiger partial charge in [0.15, 0.2) is 5.76 Å². The molecule has 0 atom stereocenters. The standard InChI is InChI=1S/C7H14O3S2/c1-9-6(10-2)5(8)7(11-3)12-4/h6,8H,1-4H3. The van der Waals surface area contributed by atoms with Crippen LogP contribution in [0.3, 0.4) is 0 Å². The molecule has 0 aromatic rings. The Hall–Kier alpha value is 0.160. The van der Waals surface area contributed by atoms with Gasteiger partial charge in [0.1, 0.15) is 0 Å². The van der Waals surface area contributed by atoms with Crippen LogP contribution < -0.4 is 0 Å². The van der Waals surface area contributed by atoms with Crippen molar-refractivity contribution in [2.75, 3.05) is 26.7 Å². The summed E-state index contributed by atoms with van der Waals surface area (Å²) in [6.07, 6.45) is 3.13. The van der Waals surface area contributed by atoms with Crippen LogP contribution in [-0.2, 0) is 9.47 Å². The molecule has 0 aliphatic heterocycles. The maximum atomic E-state index is 9.56. The topological polar surface area (TPSA) is 38.7 Å². The molecule has 0 aliphatic carbocycles. The van der Waals surface area contributed by atoms with Gasteiger partial charge < -0.3 is 14.6 Å². The van der Waals surface area contributed by atoms with E-state index in [1.807, 2.05) is 12.5 Å². The van der Waals surface area contributed by atoms with Gasteiger partial charge in [-0.05, 0) is 12.5 Å². The first-order chi connectivity index (χ1) is 5.71. The lowest BCUT2D eigenvalue weighted by molar-refractivity contribution is -0.0961. The highest BCUT2D eigenvalue weighted by molar-refractivity contribution is 8.21. The molecule has 0 unspecified atom stereocenters. The van der Waals surface area contributed by atoms with Crippen molar-refractivity contribution in [3.05, 3.63) is 10.00 Å². The summed E-state index contributed by atoms with van der Waals surface area (Å²) in [5.74, 6) is 0.139. The summed E-state index contributed by atoms with van der Waals surface area (Å²) in [6, 6.07) is 0. The highest BCUT2D eigenvalue weighted by Crippen LogP contribution is 2.28. The van der Waals surface area contributed by atoms with Gasteiger partial charge in [0.25, 0.3) is 0 Å². The third-order valence-electron chi connectivity index (χ3n) is 1.23. The molecule has 12 heavy (non-hydrogen) atoms. The van der Waals surface area contributed by atoms with Gasteiger partial charge in [0.2, 0.25) is 6.29 Å². The number of hydrogen-bond donors (Lipinski definition) is 1. The quantitative estimate of drug-likeness (QED) is 0.555. The summed E-state index contributed by atoms with van der Waals surface area (Å²) in [5.41, 5.74) is 0. The average molecular weight is 210 g/mol. The van der Waals surface area contributed by atoms with E-state index in [0.29, 0.717) is 0 Å². The van der Waals surface area contributed by atoms with Crippen LogP contribution in [-0.4, -0.2) is 38.1 Å². The molecule has 0 saturated carbocycles. The molecule has 0 aliphatic rings. The van der Waals surface area contributed by atoms with Gasteiger partial charge in [-0.25, -0.2) is 0 Å². The van der Waals surface area contributed by atoms with Crippen molar-refractivity contribution in [2.45, 2.75) is 6.29 Å². The van der Waals surface area contributed by atoms with E-state index in [2.05, 4.69) is 0 Å². The van der Waals surface area contributed by atoms with E-state index in [1.165, 1.54) is 37.7 Å². The fraction of sp³-hybridized carbons (Fsp3) is 0.714. The van der Waals surface area contributed by atoms with Crippen LogP contribution in [0.4, 0.5) is 0 Å². The molecule has 0 heterocycles. The summed E-state index contributed by atoms with van der Waals surface area (Å²) in [6.45, 7) is 0. The first kappa shape index (κ1) is 12.2. The lowest BCUT2D eigenvalue weighted by atomic mass is 10.5. The van der Waals surface area contributed by atoms with Crippen LogP contribution in [0.25, 0.3) is 0 Å². The molecule has 0 saturated heterocycles. The van der Waals surface area contributed by atoms with Crippen molar-refractivity contribution in [2.24, 2.45) is 0 Å². The lowest BCUT2D eigenvalue weighted by Crippen LogP contribution is -2.16. The van der Waals surface area contributed by atoms with E-state index in [9.17, 15) is 5.11 Å². The molecule has 0 rings (SSSR count). The minimum atomic E-state index is -0.653. The van der Waals surface area contributed by atoms with E-state index in [4.69, 9.17) is 9.47 Å². The van der Waals surface area contributed by atoms with Crippen molar-refractivity contribution in [3.63, 3.8) is 0 Å². The molecular formula is C7H14O3S2. The predicted octanol–water partition coefficient (Wildman–Crippen LogP) is 2.06. The fourth-order valence-electron chi connectivity index (χ4n) is 0.708. The first-order valence-electron chi connectivity index (χ1n) is 3.27. The zero-order chi connectivity index (χ0) is 9.56.